The van der Waals surface area contributed by atoms with Crippen LogP contribution in [0.4, 0.5) is 4.39 Å². The van der Waals surface area contributed by atoms with Crippen LogP contribution < -0.4 is 5.32 Å². The Morgan fingerprint density at radius 1 is 1.44 bits per heavy atom. The lowest BCUT2D eigenvalue weighted by molar-refractivity contribution is 0.405. The zero-order valence-corrected chi connectivity index (χ0v) is 12.7. The summed E-state index contributed by atoms with van der Waals surface area (Å²) in [5, 5.41) is 3.90. The quantitative estimate of drug-likeness (QED) is 0.814. The van der Waals surface area contributed by atoms with Crippen molar-refractivity contribution >= 4 is 23.4 Å². The van der Waals surface area contributed by atoms with Gasteiger partial charge in [0.05, 0.1) is 0 Å². The Bertz CT molecular complexity index is 373. The first-order chi connectivity index (χ1) is 8.58. The number of rotatable bonds is 7. The van der Waals surface area contributed by atoms with Gasteiger partial charge in [-0.2, -0.15) is 11.8 Å². The summed E-state index contributed by atoms with van der Waals surface area (Å²) in [6.07, 6.45) is 2.81. The molecule has 2 unspecified atom stereocenters. The molecule has 0 heterocycles. The fourth-order valence-electron chi connectivity index (χ4n) is 2.04. The molecule has 1 aromatic carbocycles. The molecule has 0 aliphatic heterocycles. The topological polar surface area (TPSA) is 12.0 Å². The van der Waals surface area contributed by atoms with Crippen LogP contribution in [-0.2, 0) is 6.42 Å². The maximum Gasteiger partial charge on any atom is 0.127 e. The van der Waals surface area contributed by atoms with Gasteiger partial charge in [-0.1, -0.05) is 31.5 Å². The fourth-order valence-corrected chi connectivity index (χ4v) is 2.96. The largest absolute Gasteiger partial charge is 0.314 e. The average molecular weight is 290 g/mol. The number of hydrogen-bond donors (Lipinski definition) is 1. The first-order valence-corrected chi connectivity index (χ1v) is 8.01. The van der Waals surface area contributed by atoms with Crippen LogP contribution in [0.1, 0.15) is 19.4 Å². The standard InChI is InChI=1S/C14H21ClFNS/c1-4-17-14(10(2)9-18-3)7-11-5-6-12(15)8-13(11)16/h5-6,8,10,14,17H,4,7,9H2,1-3H3. The molecule has 0 saturated heterocycles. The van der Waals surface area contributed by atoms with Gasteiger partial charge in [0, 0.05) is 11.1 Å². The smallest absolute Gasteiger partial charge is 0.127 e. The summed E-state index contributed by atoms with van der Waals surface area (Å²) in [5.74, 6) is 1.38. The summed E-state index contributed by atoms with van der Waals surface area (Å²) < 4.78 is 13.8. The van der Waals surface area contributed by atoms with Crippen molar-refractivity contribution in [2.75, 3.05) is 18.6 Å². The lowest BCUT2D eigenvalue weighted by Crippen LogP contribution is -2.38. The highest BCUT2D eigenvalue weighted by atomic mass is 35.5. The van der Waals surface area contributed by atoms with E-state index in [0.29, 0.717) is 23.4 Å². The molecule has 0 fully saturated rings. The van der Waals surface area contributed by atoms with Crippen LogP contribution in [0.3, 0.4) is 0 Å². The Balaban J connectivity index is 2.75. The molecular weight excluding hydrogens is 269 g/mol. The van der Waals surface area contributed by atoms with Crippen LogP contribution in [0.25, 0.3) is 0 Å². The second-order valence-corrected chi connectivity index (χ2v) is 5.88. The van der Waals surface area contributed by atoms with E-state index < -0.39 is 0 Å². The summed E-state index contributed by atoms with van der Waals surface area (Å²) >= 11 is 7.59. The Labute approximate surface area is 118 Å². The van der Waals surface area contributed by atoms with Gasteiger partial charge in [-0.25, -0.2) is 4.39 Å². The number of likely N-dealkylation sites (N-methyl/N-ethyl adjacent to an activating group) is 1. The van der Waals surface area contributed by atoms with Crippen molar-refractivity contribution < 1.29 is 4.39 Å². The fraction of sp³-hybridized carbons (Fsp3) is 0.571. The van der Waals surface area contributed by atoms with Gasteiger partial charge in [-0.15, -0.1) is 0 Å². The molecule has 4 heteroatoms. The first kappa shape index (κ1) is 15.8. The normalized spacial score (nSPS) is 14.5. The van der Waals surface area contributed by atoms with Gasteiger partial charge >= 0.3 is 0 Å². The van der Waals surface area contributed by atoms with Crippen LogP contribution in [0.5, 0.6) is 0 Å². The lowest BCUT2D eigenvalue weighted by atomic mass is 9.96. The molecule has 0 aromatic heterocycles. The van der Waals surface area contributed by atoms with Crippen LogP contribution in [0.2, 0.25) is 5.02 Å². The van der Waals surface area contributed by atoms with E-state index in [1.54, 1.807) is 12.1 Å². The third kappa shape index (κ3) is 4.79. The first-order valence-electron chi connectivity index (χ1n) is 6.24. The second-order valence-electron chi connectivity index (χ2n) is 4.54. The number of benzene rings is 1. The molecular formula is C14H21ClFNS. The van der Waals surface area contributed by atoms with Gasteiger partial charge in [-0.3, -0.25) is 0 Å². The van der Waals surface area contributed by atoms with E-state index in [4.69, 9.17) is 11.6 Å². The minimum absolute atomic E-state index is 0.207. The van der Waals surface area contributed by atoms with E-state index >= 15 is 0 Å². The summed E-state index contributed by atoms with van der Waals surface area (Å²) in [6.45, 7) is 5.19. The predicted molar refractivity (Wildman–Crippen MR) is 80.1 cm³/mol. The summed E-state index contributed by atoms with van der Waals surface area (Å²) in [5.41, 5.74) is 0.735. The van der Waals surface area contributed by atoms with E-state index in [9.17, 15) is 4.39 Å². The van der Waals surface area contributed by atoms with Gasteiger partial charge in [-0.05, 0) is 48.6 Å². The van der Waals surface area contributed by atoms with Crippen molar-refractivity contribution in [3.63, 3.8) is 0 Å². The highest BCUT2D eigenvalue weighted by Gasteiger charge is 2.18. The van der Waals surface area contributed by atoms with Crippen molar-refractivity contribution in [2.45, 2.75) is 26.3 Å². The number of halogens is 2. The molecule has 1 nitrogen and oxygen atoms in total. The molecule has 0 saturated carbocycles. The zero-order valence-electron chi connectivity index (χ0n) is 11.2. The summed E-state index contributed by atoms with van der Waals surface area (Å²) in [4.78, 5) is 0. The van der Waals surface area contributed by atoms with E-state index in [0.717, 1.165) is 17.9 Å². The highest BCUT2D eigenvalue weighted by Crippen LogP contribution is 2.19. The predicted octanol–water partition coefficient (Wildman–Crippen LogP) is 4.00. The van der Waals surface area contributed by atoms with Gasteiger partial charge in [0.15, 0.2) is 0 Å². The maximum absolute atomic E-state index is 13.8. The Hall–Kier alpha value is -0.250. The van der Waals surface area contributed by atoms with Crippen molar-refractivity contribution in [1.29, 1.82) is 0 Å². The molecule has 0 aliphatic rings. The van der Waals surface area contributed by atoms with E-state index in [1.807, 2.05) is 11.8 Å². The third-order valence-corrected chi connectivity index (χ3v) is 4.13. The minimum atomic E-state index is -0.207. The molecule has 18 heavy (non-hydrogen) atoms. The molecule has 102 valence electrons. The van der Waals surface area contributed by atoms with Gasteiger partial charge in [0.1, 0.15) is 5.82 Å². The monoisotopic (exact) mass is 289 g/mol. The second kappa shape index (κ2) is 8.03. The van der Waals surface area contributed by atoms with Gasteiger partial charge in [0.25, 0.3) is 0 Å². The Morgan fingerprint density at radius 2 is 2.17 bits per heavy atom. The third-order valence-electron chi connectivity index (χ3n) is 3.04. The maximum atomic E-state index is 13.8. The number of hydrogen-bond acceptors (Lipinski definition) is 2. The molecule has 1 rings (SSSR count). The minimum Gasteiger partial charge on any atom is -0.314 e. The summed E-state index contributed by atoms with van der Waals surface area (Å²) in [6, 6.07) is 5.23. The molecule has 1 N–H and O–H groups in total. The van der Waals surface area contributed by atoms with Crippen molar-refractivity contribution in [1.82, 2.24) is 5.32 Å². The Kier molecular flexibility index (Phi) is 7.05. The zero-order chi connectivity index (χ0) is 13.5. The number of thioether (sulfide) groups is 1. The molecule has 0 aliphatic carbocycles. The molecule has 1 aromatic rings. The highest BCUT2D eigenvalue weighted by molar-refractivity contribution is 7.98. The van der Waals surface area contributed by atoms with Crippen LogP contribution in [-0.4, -0.2) is 24.6 Å². The SMILES string of the molecule is CCNC(Cc1ccc(Cl)cc1F)C(C)CSC. The Morgan fingerprint density at radius 3 is 2.72 bits per heavy atom. The lowest BCUT2D eigenvalue weighted by Gasteiger charge is -2.24. The molecule has 0 amide bonds. The molecule has 2 atom stereocenters. The van der Waals surface area contributed by atoms with Crippen molar-refractivity contribution in [3.05, 3.63) is 34.6 Å². The van der Waals surface area contributed by atoms with E-state index in [-0.39, 0.29) is 5.82 Å². The molecule has 0 bridgehead atoms. The van der Waals surface area contributed by atoms with Crippen molar-refractivity contribution in [3.8, 4) is 0 Å². The molecule has 0 spiro atoms. The van der Waals surface area contributed by atoms with Crippen LogP contribution in [0, 0.1) is 11.7 Å². The van der Waals surface area contributed by atoms with Crippen LogP contribution >= 0.6 is 23.4 Å². The van der Waals surface area contributed by atoms with E-state index in [2.05, 4.69) is 25.4 Å². The van der Waals surface area contributed by atoms with E-state index in [1.165, 1.54) is 6.07 Å². The van der Waals surface area contributed by atoms with Gasteiger partial charge in [0.2, 0.25) is 0 Å². The van der Waals surface area contributed by atoms with Crippen molar-refractivity contribution in [2.24, 2.45) is 5.92 Å². The van der Waals surface area contributed by atoms with Gasteiger partial charge < -0.3 is 5.32 Å². The molecule has 0 radical (unpaired) electrons. The summed E-state index contributed by atoms with van der Waals surface area (Å²) in [7, 11) is 0. The van der Waals surface area contributed by atoms with Crippen LogP contribution in [0.15, 0.2) is 18.2 Å². The number of nitrogens with one attached hydrogen (secondary N) is 1. The average Bonchev–Trinajstić information content (AvgIpc) is 2.32.